The SMILES string of the molecule is C/C=C(\C=C/CC)c1ccc2nc(-c3cccnc3N)n(-c3ccc(CN4CC5(CCN(C(=O)c6ccc(C=O)c(O)c6)C5)C4)cc3)c2n1. The van der Waals surface area contributed by atoms with E-state index < -0.39 is 0 Å². The number of nitrogens with two attached hydrogens (primary N) is 1. The first-order chi connectivity index (χ1) is 23.8. The summed E-state index contributed by atoms with van der Waals surface area (Å²) in [6.45, 7) is 8.13. The summed E-state index contributed by atoms with van der Waals surface area (Å²) in [5.41, 5.74) is 13.3. The van der Waals surface area contributed by atoms with Gasteiger partial charge in [-0.1, -0.05) is 37.3 Å². The highest BCUT2D eigenvalue weighted by Crippen LogP contribution is 2.41. The van der Waals surface area contributed by atoms with Gasteiger partial charge in [-0.15, -0.1) is 0 Å². The van der Waals surface area contributed by atoms with Crippen LogP contribution in [0.2, 0.25) is 0 Å². The number of fused-ring (bicyclic) bond motifs is 1. The number of hydrogen-bond donors (Lipinski definition) is 2. The van der Waals surface area contributed by atoms with E-state index in [1.165, 1.54) is 17.7 Å². The van der Waals surface area contributed by atoms with Gasteiger partial charge < -0.3 is 15.7 Å². The molecule has 5 heterocycles. The highest BCUT2D eigenvalue weighted by atomic mass is 16.3. The number of anilines is 1. The molecule has 1 amide bonds. The summed E-state index contributed by atoms with van der Waals surface area (Å²) in [7, 11) is 0. The minimum Gasteiger partial charge on any atom is -0.507 e. The van der Waals surface area contributed by atoms with Crippen molar-refractivity contribution in [2.75, 3.05) is 31.9 Å². The number of carbonyl (C=O) groups is 2. The summed E-state index contributed by atoms with van der Waals surface area (Å²) in [6, 6.07) is 20.8. The fourth-order valence-electron chi connectivity index (χ4n) is 7.07. The second-order valence-electron chi connectivity index (χ2n) is 13.0. The zero-order valence-corrected chi connectivity index (χ0v) is 27.7. The Hall–Kier alpha value is -5.61. The number of allylic oxidation sites excluding steroid dienone is 4. The van der Waals surface area contributed by atoms with Crippen LogP contribution in [-0.2, 0) is 6.54 Å². The lowest BCUT2D eigenvalue weighted by Crippen LogP contribution is -2.57. The molecule has 7 rings (SSSR count). The van der Waals surface area contributed by atoms with Crippen molar-refractivity contribution in [3.8, 4) is 22.8 Å². The van der Waals surface area contributed by atoms with Crippen LogP contribution in [0.15, 0.2) is 91.2 Å². The lowest BCUT2D eigenvalue weighted by Gasteiger charge is -2.48. The number of hydrogen-bond acceptors (Lipinski definition) is 8. The molecule has 0 saturated carbocycles. The topological polar surface area (TPSA) is 130 Å². The first kappa shape index (κ1) is 32.0. The van der Waals surface area contributed by atoms with Gasteiger partial charge in [-0.2, -0.15) is 0 Å². The van der Waals surface area contributed by atoms with E-state index in [9.17, 15) is 14.7 Å². The summed E-state index contributed by atoms with van der Waals surface area (Å²) in [4.78, 5) is 42.9. The van der Waals surface area contributed by atoms with Gasteiger partial charge in [0.25, 0.3) is 5.91 Å². The Balaban J connectivity index is 1.09. The normalized spacial score (nSPS) is 16.1. The molecule has 2 aromatic carbocycles. The standard InChI is InChI=1S/C39H39N7O3/c1-3-5-7-27(4-2)32-15-16-33-37(42-32)46(36(43-33)31-8-6-18-41-35(31)40)30-13-9-26(10-14-30)21-44-23-39(24-44)17-19-45(25-39)38(49)28-11-12-29(22-47)34(48)20-28/h4-16,18,20,22,48H,3,17,19,21,23-25H2,1-2H3,(H2,40,41)/b7-5-,27-4+. The summed E-state index contributed by atoms with van der Waals surface area (Å²) in [6.07, 6.45) is 10.4. The number of pyridine rings is 2. The van der Waals surface area contributed by atoms with E-state index >= 15 is 0 Å². The molecule has 3 aromatic heterocycles. The van der Waals surface area contributed by atoms with Crippen LogP contribution in [0.3, 0.4) is 0 Å². The van der Waals surface area contributed by atoms with Crippen LogP contribution in [0, 0.1) is 5.41 Å². The predicted octanol–water partition coefficient (Wildman–Crippen LogP) is 6.30. The largest absolute Gasteiger partial charge is 0.507 e. The molecule has 10 heteroatoms. The molecule has 2 aliphatic rings. The number of benzene rings is 2. The summed E-state index contributed by atoms with van der Waals surface area (Å²) < 4.78 is 2.06. The zero-order chi connectivity index (χ0) is 34.1. The lowest BCUT2D eigenvalue weighted by molar-refractivity contribution is 0.00260. The van der Waals surface area contributed by atoms with Crippen molar-refractivity contribution in [3.63, 3.8) is 0 Å². The average Bonchev–Trinajstić information content (AvgIpc) is 3.71. The van der Waals surface area contributed by atoms with E-state index in [0.717, 1.165) is 66.2 Å². The lowest BCUT2D eigenvalue weighted by atomic mass is 9.79. The number of aromatic nitrogens is 4. The van der Waals surface area contributed by atoms with Crippen molar-refractivity contribution >= 4 is 34.7 Å². The maximum absolute atomic E-state index is 13.1. The van der Waals surface area contributed by atoms with Crippen LogP contribution in [0.4, 0.5) is 5.82 Å². The third-order valence-corrected chi connectivity index (χ3v) is 9.57. The number of imidazole rings is 1. The number of rotatable bonds is 9. The number of carbonyl (C=O) groups excluding carboxylic acids is 2. The Labute approximate surface area is 285 Å². The van der Waals surface area contributed by atoms with Crippen LogP contribution in [0.25, 0.3) is 33.8 Å². The van der Waals surface area contributed by atoms with Crippen molar-refractivity contribution in [2.45, 2.75) is 33.2 Å². The van der Waals surface area contributed by atoms with Crippen molar-refractivity contribution in [2.24, 2.45) is 5.41 Å². The minimum atomic E-state index is -0.169. The van der Waals surface area contributed by atoms with Gasteiger partial charge in [-0.3, -0.25) is 19.1 Å². The molecule has 0 radical (unpaired) electrons. The second-order valence-corrected chi connectivity index (χ2v) is 13.0. The van der Waals surface area contributed by atoms with E-state index in [4.69, 9.17) is 15.7 Å². The molecular formula is C39H39N7O3. The molecular weight excluding hydrogens is 614 g/mol. The zero-order valence-electron chi connectivity index (χ0n) is 27.7. The molecule has 3 N–H and O–H groups in total. The van der Waals surface area contributed by atoms with Crippen LogP contribution in [0.5, 0.6) is 5.75 Å². The fraction of sp³-hybridized carbons (Fsp3) is 0.256. The molecule has 0 bridgehead atoms. The van der Waals surface area contributed by atoms with Crippen molar-refractivity contribution in [1.82, 2.24) is 29.3 Å². The van der Waals surface area contributed by atoms with E-state index in [1.54, 1.807) is 12.3 Å². The van der Waals surface area contributed by atoms with E-state index in [1.807, 2.05) is 36.1 Å². The molecule has 10 nitrogen and oxygen atoms in total. The number of nitrogen functional groups attached to an aromatic ring is 1. The number of phenolic OH excluding ortho intramolecular Hbond substituents is 1. The van der Waals surface area contributed by atoms with Crippen molar-refractivity contribution < 1.29 is 14.7 Å². The Morgan fingerprint density at radius 1 is 1.04 bits per heavy atom. The number of nitrogens with zero attached hydrogens (tertiary/aromatic N) is 6. The fourth-order valence-corrected chi connectivity index (χ4v) is 7.07. The Morgan fingerprint density at radius 2 is 1.86 bits per heavy atom. The van der Waals surface area contributed by atoms with Crippen LogP contribution < -0.4 is 5.73 Å². The maximum Gasteiger partial charge on any atom is 0.254 e. The van der Waals surface area contributed by atoms with E-state index in [2.05, 4.69) is 63.9 Å². The molecule has 0 atom stereocenters. The first-order valence-corrected chi connectivity index (χ1v) is 16.6. The van der Waals surface area contributed by atoms with E-state index in [-0.39, 0.29) is 22.6 Å². The van der Waals surface area contributed by atoms with Gasteiger partial charge in [0.2, 0.25) is 0 Å². The second kappa shape index (κ2) is 13.1. The molecule has 0 aliphatic carbocycles. The number of amides is 1. The van der Waals surface area contributed by atoms with Gasteiger partial charge in [-0.05, 0) is 85.5 Å². The minimum absolute atomic E-state index is 0.0795. The molecule has 2 aliphatic heterocycles. The molecule has 49 heavy (non-hydrogen) atoms. The number of aromatic hydroxyl groups is 1. The predicted molar refractivity (Wildman–Crippen MR) is 191 cm³/mol. The third-order valence-electron chi connectivity index (χ3n) is 9.57. The number of likely N-dealkylation sites (tertiary alicyclic amines) is 2. The van der Waals surface area contributed by atoms with Crippen LogP contribution >= 0.6 is 0 Å². The van der Waals surface area contributed by atoms with Crippen molar-refractivity contribution in [3.05, 3.63) is 114 Å². The number of aldehydes is 1. The summed E-state index contributed by atoms with van der Waals surface area (Å²) >= 11 is 0. The van der Waals surface area contributed by atoms with Gasteiger partial charge in [0, 0.05) is 55.6 Å². The van der Waals surface area contributed by atoms with Crippen LogP contribution in [0.1, 0.15) is 58.7 Å². The summed E-state index contributed by atoms with van der Waals surface area (Å²) in [5, 5.41) is 10.1. The quantitative estimate of drug-likeness (QED) is 0.140. The molecule has 5 aromatic rings. The smallest absolute Gasteiger partial charge is 0.254 e. The van der Waals surface area contributed by atoms with E-state index in [0.29, 0.717) is 36.6 Å². The molecule has 2 fully saturated rings. The number of phenols is 1. The molecule has 2 saturated heterocycles. The maximum atomic E-state index is 13.1. The Morgan fingerprint density at radius 3 is 2.57 bits per heavy atom. The third kappa shape index (κ3) is 6.11. The van der Waals surface area contributed by atoms with Gasteiger partial charge >= 0.3 is 0 Å². The Kier molecular flexibility index (Phi) is 8.56. The van der Waals surface area contributed by atoms with Crippen LogP contribution in [-0.4, -0.2) is 72.8 Å². The van der Waals surface area contributed by atoms with Gasteiger partial charge in [0.05, 0.1) is 16.8 Å². The van der Waals surface area contributed by atoms with Gasteiger partial charge in [0.15, 0.2) is 17.8 Å². The molecule has 1 spiro atoms. The first-order valence-electron chi connectivity index (χ1n) is 16.6. The Bertz CT molecular complexity index is 2110. The van der Waals surface area contributed by atoms with Gasteiger partial charge in [-0.25, -0.2) is 15.0 Å². The monoisotopic (exact) mass is 653 g/mol. The van der Waals surface area contributed by atoms with Crippen molar-refractivity contribution in [1.29, 1.82) is 0 Å². The average molecular weight is 654 g/mol. The summed E-state index contributed by atoms with van der Waals surface area (Å²) in [5.74, 6) is 0.810. The van der Waals surface area contributed by atoms with Gasteiger partial charge in [0.1, 0.15) is 17.1 Å². The molecule has 248 valence electrons. The highest BCUT2D eigenvalue weighted by molar-refractivity contribution is 5.96. The molecule has 0 unspecified atom stereocenters. The highest BCUT2D eigenvalue weighted by Gasteiger charge is 2.48.